The molecule has 2 N–H and O–H groups in total. The first kappa shape index (κ1) is 10.2. The smallest absolute Gasteiger partial charge is 0.330 e. The van der Waals surface area contributed by atoms with Crippen LogP contribution in [0.3, 0.4) is 0 Å². The molecule has 0 aliphatic rings. The van der Waals surface area contributed by atoms with Crippen molar-refractivity contribution in [2.24, 2.45) is 0 Å². The highest BCUT2D eigenvalue weighted by molar-refractivity contribution is 5.87. The lowest BCUT2D eigenvalue weighted by atomic mass is 10.2. The summed E-state index contributed by atoms with van der Waals surface area (Å²) in [5.41, 5.74) is 7.81. The molecule has 0 aromatic carbocycles. The summed E-state index contributed by atoms with van der Waals surface area (Å²) in [6.07, 6.45) is 4.57. The number of esters is 1. The number of aryl methyl sites for hydroxylation is 1. The summed E-state index contributed by atoms with van der Waals surface area (Å²) < 4.78 is 4.45. The van der Waals surface area contributed by atoms with Gasteiger partial charge in [0.05, 0.1) is 18.5 Å². The molecule has 0 radical (unpaired) electrons. The summed E-state index contributed by atoms with van der Waals surface area (Å²) in [5, 5.41) is 0. The summed E-state index contributed by atoms with van der Waals surface area (Å²) in [7, 11) is 1.33. The average Bonchev–Trinajstić information content (AvgIpc) is 2.19. The highest BCUT2D eigenvalue weighted by Gasteiger charge is 1.96. The van der Waals surface area contributed by atoms with Crippen LogP contribution in [0.5, 0.6) is 0 Å². The highest BCUT2D eigenvalue weighted by atomic mass is 16.5. The van der Waals surface area contributed by atoms with E-state index in [1.54, 1.807) is 18.3 Å². The number of nitrogens with two attached hydrogens (primary N) is 1. The van der Waals surface area contributed by atoms with Gasteiger partial charge in [-0.05, 0) is 24.6 Å². The molecule has 0 saturated carbocycles. The zero-order valence-corrected chi connectivity index (χ0v) is 8.15. The number of carbonyl (C=O) groups is 1. The van der Waals surface area contributed by atoms with Crippen LogP contribution in [-0.2, 0) is 9.53 Å². The number of methoxy groups -OCH3 is 1. The minimum absolute atomic E-state index is 0.399. The molecule has 14 heavy (non-hydrogen) atoms. The Morgan fingerprint density at radius 3 is 2.93 bits per heavy atom. The molecule has 0 aliphatic heterocycles. The maximum absolute atomic E-state index is 10.8. The Bertz CT molecular complexity index is 372. The quantitative estimate of drug-likeness (QED) is 0.564. The summed E-state index contributed by atoms with van der Waals surface area (Å²) in [6, 6.07) is 1.75. The van der Waals surface area contributed by atoms with E-state index in [0.29, 0.717) is 5.69 Å². The minimum Gasteiger partial charge on any atom is -0.466 e. The van der Waals surface area contributed by atoms with Crippen LogP contribution in [0.15, 0.2) is 18.3 Å². The molecule has 1 aromatic heterocycles. The fourth-order valence-corrected chi connectivity index (χ4v) is 0.891. The molecule has 1 aromatic rings. The first-order chi connectivity index (χ1) is 6.63. The highest BCUT2D eigenvalue weighted by Crippen LogP contribution is 2.10. The van der Waals surface area contributed by atoms with Gasteiger partial charge < -0.3 is 10.5 Å². The van der Waals surface area contributed by atoms with E-state index in [2.05, 4.69) is 9.72 Å². The molecule has 0 spiro atoms. The predicted octanol–water partition coefficient (Wildman–Crippen LogP) is 1.16. The third kappa shape index (κ3) is 2.58. The fraction of sp³-hybridized carbons (Fsp3) is 0.200. The molecule has 0 aliphatic carbocycles. The molecular weight excluding hydrogens is 180 g/mol. The van der Waals surface area contributed by atoms with Crippen molar-refractivity contribution < 1.29 is 9.53 Å². The molecule has 4 nitrogen and oxygen atoms in total. The Kier molecular flexibility index (Phi) is 3.23. The van der Waals surface area contributed by atoms with E-state index >= 15 is 0 Å². The van der Waals surface area contributed by atoms with Gasteiger partial charge in [-0.3, -0.25) is 4.98 Å². The summed E-state index contributed by atoms with van der Waals surface area (Å²) in [4.78, 5) is 14.8. The lowest BCUT2D eigenvalue weighted by molar-refractivity contribution is -0.134. The standard InChI is InChI=1S/C10H12N2O2/c1-7-9(11)5-8(6-12-7)3-4-10(13)14-2/h3-6H,11H2,1-2H3. The van der Waals surface area contributed by atoms with Crippen molar-refractivity contribution in [1.82, 2.24) is 4.98 Å². The van der Waals surface area contributed by atoms with Gasteiger partial charge in [-0.1, -0.05) is 0 Å². The third-order valence-electron chi connectivity index (χ3n) is 1.76. The van der Waals surface area contributed by atoms with Crippen molar-refractivity contribution in [3.05, 3.63) is 29.6 Å². The number of aromatic nitrogens is 1. The van der Waals surface area contributed by atoms with Gasteiger partial charge in [0.25, 0.3) is 0 Å². The average molecular weight is 192 g/mol. The van der Waals surface area contributed by atoms with Crippen molar-refractivity contribution >= 4 is 17.7 Å². The molecule has 0 fully saturated rings. The van der Waals surface area contributed by atoms with Gasteiger partial charge in [-0.2, -0.15) is 0 Å². The number of carbonyl (C=O) groups excluding carboxylic acids is 1. The molecule has 74 valence electrons. The minimum atomic E-state index is -0.399. The normalized spacial score (nSPS) is 10.4. The lowest BCUT2D eigenvalue weighted by Gasteiger charge is -1.99. The van der Waals surface area contributed by atoms with Crippen molar-refractivity contribution in [2.75, 3.05) is 12.8 Å². The molecular formula is C10H12N2O2. The molecule has 1 rings (SSSR count). The molecule has 0 unspecified atom stereocenters. The monoisotopic (exact) mass is 192 g/mol. The number of nitrogen functional groups attached to an aromatic ring is 1. The number of hydrogen-bond donors (Lipinski definition) is 1. The maximum atomic E-state index is 10.8. The number of nitrogens with zero attached hydrogens (tertiary/aromatic N) is 1. The van der Waals surface area contributed by atoms with Crippen molar-refractivity contribution in [1.29, 1.82) is 0 Å². The number of rotatable bonds is 2. The van der Waals surface area contributed by atoms with Gasteiger partial charge in [0.2, 0.25) is 0 Å². The summed E-state index contributed by atoms with van der Waals surface area (Å²) in [6.45, 7) is 1.82. The molecule has 0 amide bonds. The largest absolute Gasteiger partial charge is 0.466 e. The van der Waals surface area contributed by atoms with Gasteiger partial charge in [-0.15, -0.1) is 0 Å². The Balaban J connectivity index is 2.83. The second-order valence-corrected chi connectivity index (χ2v) is 2.80. The Labute approximate surface area is 82.4 Å². The van der Waals surface area contributed by atoms with Gasteiger partial charge in [0.15, 0.2) is 0 Å². The van der Waals surface area contributed by atoms with Crippen molar-refractivity contribution in [3.63, 3.8) is 0 Å². The molecule has 0 bridgehead atoms. The molecule has 1 heterocycles. The van der Waals surface area contributed by atoms with Crippen molar-refractivity contribution in [3.8, 4) is 0 Å². The van der Waals surface area contributed by atoms with E-state index in [9.17, 15) is 4.79 Å². The van der Waals surface area contributed by atoms with Gasteiger partial charge in [-0.25, -0.2) is 4.79 Å². The van der Waals surface area contributed by atoms with Crippen LogP contribution in [0.25, 0.3) is 6.08 Å². The fourth-order valence-electron chi connectivity index (χ4n) is 0.891. The van der Waals surface area contributed by atoms with Crippen LogP contribution >= 0.6 is 0 Å². The summed E-state index contributed by atoms with van der Waals surface area (Å²) >= 11 is 0. The first-order valence-corrected chi connectivity index (χ1v) is 4.11. The first-order valence-electron chi connectivity index (χ1n) is 4.11. The molecule has 0 atom stereocenters. The molecule has 0 saturated heterocycles. The zero-order valence-electron chi connectivity index (χ0n) is 8.15. The third-order valence-corrected chi connectivity index (χ3v) is 1.76. The predicted molar refractivity (Wildman–Crippen MR) is 54.4 cm³/mol. The van der Waals surface area contributed by atoms with Crippen LogP contribution in [0.4, 0.5) is 5.69 Å². The van der Waals surface area contributed by atoms with Crippen LogP contribution in [-0.4, -0.2) is 18.1 Å². The SMILES string of the molecule is COC(=O)C=Cc1cnc(C)c(N)c1. The van der Waals surface area contributed by atoms with Crippen LogP contribution < -0.4 is 5.73 Å². The topological polar surface area (TPSA) is 65.2 Å². The second-order valence-electron chi connectivity index (χ2n) is 2.80. The van der Waals surface area contributed by atoms with E-state index in [1.165, 1.54) is 13.2 Å². The van der Waals surface area contributed by atoms with E-state index in [1.807, 2.05) is 6.92 Å². The number of anilines is 1. The number of hydrogen-bond acceptors (Lipinski definition) is 4. The van der Waals surface area contributed by atoms with Gasteiger partial charge in [0, 0.05) is 12.3 Å². The zero-order chi connectivity index (χ0) is 10.6. The van der Waals surface area contributed by atoms with Crippen LogP contribution in [0.2, 0.25) is 0 Å². The van der Waals surface area contributed by atoms with Crippen molar-refractivity contribution in [2.45, 2.75) is 6.92 Å². The molecule has 4 heteroatoms. The Morgan fingerprint density at radius 1 is 1.64 bits per heavy atom. The number of pyridine rings is 1. The second kappa shape index (κ2) is 4.41. The lowest BCUT2D eigenvalue weighted by Crippen LogP contribution is -1.95. The van der Waals surface area contributed by atoms with E-state index < -0.39 is 5.97 Å². The Hall–Kier alpha value is -1.84. The van der Waals surface area contributed by atoms with Crippen LogP contribution in [0, 0.1) is 6.92 Å². The van der Waals surface area contributed by atoms with E-state index in [0.717, 1.165) is 11.3 Å². The van der Waals surface area contributed by atoms with E-state index in [-0.39, 0.29) is 0 Å². The van der Waals surface area contributed by atoms with Gasteiger partial charge in [0.1, 0.15) is 0 Å². The Morgan fingerprint density at radius 2 is 2.36 bits per heavy atom. The van der Waals surface area contributed by atoms with E-state index in [4.69, 9.17) is 5.73 Å². The van der Waals surface area contributed by atoms with Gasteiger partial charge >= 0.3 is 5.97 Å². The number of ether oxygens (including phenoxy) is 1. The summed E-state index contributed by atoms with van der Waals surface area (Å²) in [5.74, 6) is -0.399. The van der Waals surface area contributed by atoms with Crippen LogP contribution in [0.1, 0.15) is 11.3 Å². The maximum Gasteiger partial charge on any atom is 0.330 e.